The predicted octanol–water partition coefficient (Wildman–Crippen LogP) is 2.62. The van der Waals surface area contributed by atoms with Crippen molar-refractivity contribution in [2.75, 3.05) is 13.7 Å². The maximum Gasteiger partial charge on any atom is 0.253 e. The van der Waals surface area contributed by atoms with Gasteiger partial charge in [0.1, 0.15) is 11.6 Å². The van der Waals surface area contributed by atoms with Crippen molar-refractivity contribution in [1.82, 2.24) is 5.32 Å². The molecular weight excluding hydrogens is 297 g/mol. The second kappa shape index (κ2) is 8.29. The Morgan fingerprint density at radius 1 is 1.26 bits per heavy atom. The maximum absolute atomic E-state index is 13.0. The lowest BCUT2D eigenvalue weighted by atomic mass is 10.1. The average Bonchev–Trinajstić information content (AvgIpc) is 2.58. The molecule has 1 unspecified atom stereocenters. The summed E-state index contributed by atoms with van der Waals surface area (Å²) in [5, 5.41) is 12.7. The van der Waals surface area contributed by atoms with Crippen LogP contribution in [0.4, 0.5) is 4.39 Å². The fraction of sp³-hybridized carbons (Fsp3) is 0.278. The van der Waals surface area contributed by atoms with Crippen molar-refractivity contribution in [3.8, 4) is 5.75 Å². The van der Waals surface area contributed by atoms with Crippen LogP contribution in [0, 0.1) is 5.82 Å². The van der Waals surface area contributed by atoms with Crippen molar-refractivity contribution in [2.24, 2.45) is 0 Å². The van der Waals surface area contributed by atoms with E-state index in [4.69, 9.17) is 4.74 Å². The molecule has 0 heterocycles. The third-order valence-corrected chi connectivity index (χ3v) is 3.49. The molecule has 0 aliphatic rings. The second-order valence-electron chi connectivity index (χ2n) is 5.20. The predicted molar refractivity (Wildman–Crippen MR) is 85.7 cm³/mol. The highest BCUT2D eigenvalue weighted by atomic mass is 19.1. The summed E-state index contributed by atoms with van der Waals surface area (Å²) in [5.41, 5.74) is 1.36. The zero-order valence-corrected chi connectivity index (χ0v) is 13.0. The molecule has 4 nitrogen and oxygen atoms in total. The van der Waals surface area contributed by atoms with Gasteiger partial charge in [-0.2, -0.15) is 0 Å². The monoisotopic (exact) mass is 317 g/mol. The van der Waals surface area contributed by atoms with E-state index < -0.39 is 12.0 Å². The summed E-state index contributed by atoms with van der Waals surface area (Å²) < 4.78 is 18.1. The number of aryl methyl sites for hydroxylation is 1. The van der Waals surface area contributed by atoms with Gasteiger partial charge in [-0.25, -0.2) is 4.39 Å². The van der Waals surface area contributed by atoms with Crippen LogP contribution in [0.15, 0.2) is 48.5 Å². The zero-order valence-electron chi connectivity index (χ0n) is 13.0. The molecule has 0 spiro atoms. The first-order chi connectivity index (χ1) is 11.1. The first-order valence-electron chi connectivity index (χ1n) is 7.44. The van der Waals surface area contributed by atoms with Gasteiger partial charge in [0.25, 0.3) is 5.91 Å². The van der Waals surface area contributed by atoms with Crippen molar-refractivity contribution in [3.05, 3.63) is 65.5 Å². The number of aliphatic hydroxyl groups is 1. The molecule has 2 aromatic rings. The molecule has 0 bridgehead atoms. The number of aliphatic hydroxyl groups excluding tert-OH is 1. The Bertz CT molecular complexity index is 660. The highest BCUT2D eigenvalue weighted by Crippen LogP contribution is 2.19. The number of methoxy groups -OCH3 is 1. The van der Waals surface area contributed by atoms with Gasteiger partial charge in [0, 0.05) is 6.54 Å². The lowest BCUT2D eigenvalue weighted by Gasteiger charge is -2.12. The number of hydrogen-bond acceptors (Lipinski definition) is 3. The van der Waals surface area contributed by atoms with Gasteiger partial charge >= 0.3 is 0 Å². The molecular formula is C18H20FNO3. The molecule has 122 valence electrons. The Morgan fingerprint density at radius 3 is 2.78 bits per heavy atom. The lowest BCUT2D eigenvalue weighted by Crippen LogP contribution is -2.30. The van der Waals surface area contributed by atoms with Crippen LogP contribution < -0.4 is 10.1 Å². The topological polar surface area (TPSA) is 58.6 Å². The van der Waals surface area contributed by atoms with E-state index in [1.54, 1.807) is 30.3 Å². The number of carbonyl (C=O) groups excluding carboxylic acids is 1. The second-order valence-corrected chi connectivity index (χ2v) is 5.20. The van der Waals surface area contributed by atoms with E-state index >= 15 is 0 Å². The Labute approximate surface area is 134 Å². The zero-order chi connectivity index (χ0) is 16.7. The molecule has 5 heteroatoms. The third kappa shape index (κ3) is 5.07. The molecule has 2 rings (SSSR count). The van der Waals surface area contributed by atoms with E-state index in [9.17, 15) is 14.3 Å². The fourth-order valence-electron chi connectivity index (χ4n) is 2.26. The number of halogens is 1. The van der Waals surface area contributed by atoms with Crippen molar-refractivity contribution in [2.45, 2.75) is 18.9 Å². The van der Waals surface area contributed by atoms with E-state index in [1.807, 2.05) is 6.07 Å². The number of amides is 1. The number of benzene rings is 2. The van der Waals surface area contributed by atoms with E-state index in [0.29, 0.717) is 30.7 Å². The van der Waals surface area contributed by atoms with Crippen LogP contribution in [-0.2, 0) is 11.2 Å². The van der Waals surface area contributed by atoms with Crippen LogP contribution in [-0.4, -0.2) is 24.7 Å². The summed E-state index contributed by atoms with van der Waals surface area (Å²) >= 11 is 0. The quantitative estimate of drug-likeness (QED) is 0.772. The van der Waals surface area contributed by atoms with Crippen LogP contribution >= 0.6 is 0 Å². The molecule has 0 radical (unpaired) electrons. The molecule has 23 heavy (non-hydrogen) atoms. The summed E-state index contributed by atoms with van der Waals surface area (Å²) in [4.78, 5) is 11.9. The minimum absolute atomic E-state index is 0.264. The minimum Gasteiger partial charge on any atom is -0.497 e. The molecule has 0 aliphatic heterocycles. The number of rotatable bonds is 7. The summed E-state index contributed by atoms with van der Waals surface area (Å²) in [5.74, 6) is -0.141. The van der Waals surface area contributed by atoms with Gasteiger partial charge in [0.15, 0.2) is 6.10 Å². The first-order valence-corrected chi connectivity index (χ1v) is 7.44. The minimum atomic E-state index is -1.24. The summed E-state index contributed by atoms with van der Waals surface area (Å²) in [6.45, 7) is 0.413. The SMILES string of the molecule is COc1cccc(C(O)C(=O)NCCCc2cccc(F)c2)c1. The molecule has 0 aromatic heterocycles. The molecule has 1 amide bonds. The Hall–Kier alpha value is -2.40. The van der Waals surface area contributed by atoms with Crippen molar-refractivity contribution >= 4 is 5.91 Å². The molecule has 2 N–H and O–H groups in total. The molecule has 0 saturated heterocycles. The molecule has 2 aromatic carbocycles. The van der Waals surface area contributed by atoms with Gasteiger partial charge in [-0.05, 0) is 48.2 Å². The van der Waals surface area contributed by atoms with Gasteiger partial charge < -0.3 is 15.2 Å². The molecule has 0 saturated carbocycles. The van der Waals surface area contributed by atoms with E-state index in [-0.39, 0.29) is 5.82 Å². The van der Waals surface area contributed by atoms with Crippen LogP contribution in [0.1, 0.15) is 23.7 Å². The van der Waals surface area contributed by atoms with E-state index in [2.05, 4.69) is 5.32 Å². The Morgan fingerprint density at radius 2 is 2.04 bits per heavy atom. The maximum atomic E-state index is 13.0. The number of ether oxygens (including phenoxy) is 1. The van der Waals surface area contributed by atoms with E-state index in [0.717, 1.165) is 5.56 Å². The third-order valence-electron chi connectivity index (χ3n) is 3.49. The van der Waals surface area contributed by atoms with E-state index in [1.165, 1.54) is 19.2 Å². The van der Waals surface area contributed by atoms with Gasteiger partial charge in [-0.1, -0.05) is 24.3 Å². The highest BCUT2D eigenvalue weighted by Gasteiger charge is 2.17. The summed E-state index contributed by atoms with van der Waals surface area (Å²) in [6, 6.07) is 13.1. The average molecular weight is 317 g/mol. The van der Waals surface area contributed by atoms with Gasteiger partial charge in [-0.3, -0.25) is 4.79 Å². The van der Waals surface area contributed by atoms with Crippen molar-refractivity contribution in [1.29, 1.82) is 0 Å². The number of nitrogens with one attached hydrogen (secondary N) is 1. The highest BCUT2D eigenvalue weighted by molar-refractivity contribution is 5.81. The normalized spacial score (nSPS) is 11.8. The van der Waals surface area contributed by atoms with Crippen LogP contribution in [0.5, 0.6) is 5.75 Å². The number of carbonyl (C=O) groups is 1. The van der Waals surface area contributed by atoms with Crippen molar-refractivity contribution in [3.63, 3.8) is 0 Å². The van der Waals surface area contributed by atoms with Gasteiger partial charge in [-0.15, -0.1) is 0 Å². The number of hydrogen-bond donors (Lipinski definition) is 2. The van der Waals surface area contributed by atoms with Gasteiger partial charge in [0.2, 0.25) is 0 Å². The molecule has 0 aliphatic carbocycles. The Kier molecular flexibility index (Phi) is 6.11. The first kappa shape index (κ1) is 17.0. The smallest absolute Gasteiger partial charge is 0.253 e. The lowest BCUT2D eigenvalue weighted by molar-refractivity contribution is -0.129. The fourth-order valence-corrected chi connectivity index (χ4v) is 2.26. The standard InChI is InChI=1S/C18H20FNO3/c1-23-16-9-3-7-14(12-16)17(21)18(22)20-10-4-6-13-5-2-8-15(19)11-13/h2-3,5,7-9,11-12,17,21H,4,6,10H2,1H3,(H,20,22). The van der Waals surface area contributed by atoms with Crippen molar-refractivity contribution < 1.29 is 19.0 Å². The largest absolute Gasteiger partial charge is 0.497 e. The van der Waals surface area contributed by atoms with Crippen LogP contribution in [0.2, 0.25) is 0 Å². The van der Waals surface area contributed by atoms with Crippen LogP contribution in [0.25, 0.3) is 0 Å². The van der Waals surface area contributed by atoms with Crippen LogP contribution in [0.3, 0.4) is 0 Å². The van der Waals surface area contributed by atoms with Gasteiger partial charge in [0.05, 0.1) is 7.11 Å². The molecule has 1 atom stereocenters. The summed E-state index contributed by atoms with van der Waals surface area (Å²) in [7, 11) is 1.53. The summed E-state index contributed by atoms with van der Waals surface area (Å²) in [6.07, 6.45) is 0.0899. The molecule has 0 fully saturated rings. The Balaban J connectivity index is 1.79.